The van der Waals surface area contributed by atoms with Crippen molar-refractivity contribution >= 4 is 44.2 Å². The first-order valence-electron chi connectivity index (χ1n) is 9.51. The van der Waals surface area contributed by atoms with Gasteiger partial charge in [-0.3, -0.25) is 4.79 Å². The molecule has 0 spiro atoms. The zero-order valence-corrected chi connectivity index (χ0v) is 18.3. The van der Waals surface area contributed by atoms with Crippen molar-refractivity contribution in [3.05, 3.63) is 71.5 Å². The Balaban J connectivity index is 1.65. The first-order valence-corrected chi connectivity index (χ1v) is 11.4. The topological polar surface area (TPSA) is 105 Å². The number of benzene rings is 2. The van der Waals surface area contributed by atoms with Gasteiger partial charge in [0.15, 0.2) is 15.5 Å². The largest absolute Gasteiger partial charge is 0.343 e. The zero-order valence-electron chi connectivity index (χ0n) is 16.8. The van der Waals surface area contributed by atoms with Crippen molar-refractivity contribution in [2.24, 2.45) is 0 Å². The van der Waals surface area contributed by atoms with Crippen LogP contribution in [0.4, 0.5) is 5.69 Å². The molecular weight excluding hydrogens is 436 g/mol. The predicted octanol–water partition coefficient (Wildman–Crippen LogP) is 4.71. The molecule has 31 heavy (non-hydrogen) atoms. The van der Waals surface area contributed by atoms with Crippen LogP contribution in [0.5, 0.6) is 0 Å². The van der Waals surface area contributed by atoms with E-state index < -0.39 is 15.1 Å². The summed E-state index contributed by atoms with van der Waals surface area (Å²) in [5, 5.41) is 2.79. The molecule has 0 fully saturated rings. The number of fused-ring (bicyclic) bond motifs is 1. The Morgan fingerprint density at radius 3 is 2.55 bits per heavy atom. The van der Waals surface area contributed by atoms with Gasteiger partial charge in [-0.1, -0.05) is 29.8 Å². The third-order valence-electron chi connectivity index (χ3n) is 4.82. The van der Waals surface area contributed by atoms with Gasteiger partial charge < -0.3 is 10.3 Å². The van der Waals surface area contributed by atoms with Gasteiger partial charge in [-0.05, 0) is 44.2 Å². The van der Waals surface area contributed by atoms with Gasteiger partial charge in [-0.2, -0.15) is 0 Å². The molecule has 2 aromatic carbocycles. The summed E-state index contributed by atoms with van der Waals surface area (Å²) in [6.45, 7) is 3.29. The molecule has 2 aromatic heterocycles. The van der Waals surface area contributed by atoms with Crippen molar-refractivity contribution in [1.82, 2.24) is 15.0 Å². The third-order valence-corrected chi connectivity index (χ3v) is 7.22. The number of carbonyl (C=O) groups is 1. The Bertz CT molecular complexity index is 1380. The Morgan fingerprint density at radius 1 is 1.13 bits per heavy atom. The van der Waals surface area contributed by atoms with Crippen LogP contribution in [0.15, 0.2) is 65.8 Å². The average Bonchev–Trinajstić information content (AvgIpc) is 3.15. The lowest BCUT2D eigenvalue weighted by Crippen LogP contribution is -2.13. The molecule has 0 bridgehead atoms. The van der Waals surface area contributed by atoms with Crippen molar-refractivity contribution in [2.45, 2.75) is 24.0 Å². The molecule has 158 valence electrons. The number of carbonyl (C=O) groups excluding carboxylic acids is 1. The van der Waals surface area contributed by atoms with Crippen LogP contribution in [0.1, 0.15) is 24.2 Å². The molecule has 0 saturated heterocycles. The van der Waals surface area contributed by atoms with E-state index in [0.717, 1.165) is 0 Å². The number of hydrogen-bond acceptors (Lipinski definition) is 5. The molecule has 4 rings (SSSR count). The summed E-state index contributed by atoms with van der Waals surface area (Å²) >= 11 is 5.96. The van der Waals surface area contributed by atoms with Crippen molar-refractivity contribution in [2.75, 3.05) is 5.32 Å². The van der Waals surface area contributed by atoms with E-state index in [1.54, 1.807) is 74.8 Å². The minimum atomic E-state index is -3.35. The van der Waals surface area contributed by atoms with Gasteiger partial charge in [0.1, 0.15) is 5.52 Å². The quantitative estimate of drug-likeness (QED) is 0.454. The van der Waals surface area contributed by atoms with E-state index in [-0.39, 0.29) is 10.8 Å². The van der Waals surface area contributed by atoms with Crippen molar-refractivity contribution < 1.29 is 13.2 Å². The highest BCUT2D eigenvalue weighted by atomic mass is 35.5. The first kappa shape index (κ1) is 21.0. The third kappa shape index (κ3) is 4.17. The summed E-state index contributed by atoms with van der Waals surface area (Å²) in [5.41, 5.74) is 3.18. The summed E-state index contributed by atoms with van der Waals surface area (Å²) in [6, 6.07) is 13.2. The van der Waals surface area contributed by atoms with Crippen LogP contribution in [0, 0.1) is 0 Å². The molecular formula is C22H19ClN4O3S. The van der Waals surface area contributed by atoms with E-state index in [1.165, 1.54) is 0 Å². The van der Waals surface area contributed by atoms with Crippen LogP contribution in [-0.2, 0) is 9.84 Å². The Labute approximate surface area is 184 Å². The van der Waals surface area contributed by atoms with Gasteiger partial charge in [0.2, 0.25) is 0 Å². The van der Waals surface area contributed by atoms with Crippen LogP contribution in [0.25, 0.3) is 22.4 Å². The summed E-state index contributed by atoms with van der Waals surface area (Å²) in [7, 11) is -3.35. The van der Waals surface area contributed by atoms with Crippen LogP contribution < -0.4 is 5.32 Å². The second-order valence-corrected chi connectivity index (χ2v) is 10.2. The number of halogens is 1. The van der Waals surface area contributed by atoms with E-state index in [9.17, 15) is 13.2 Å². The number of nitrogens with one attached hydrogen (secondary N) is 2. The fourth-order valence-electron chi connectivity index (χ4n) is 3.04. The van der Waals surface area contributed by atoms with E-state index in [4.69, 9.17) is 11.6 Å². The van der Waals surface area contributed by atoms with Gasteiger partial charge in [-0.15, -0.1) is 0 Å². The second-order valence-electron chi connectivity index (χ2n) is 7.24. The number of amides is 1. The van der Waals surface area contributed by atoms with E-state index in [1.807, 2.05) is 0 Å². The van der Waals surface area contributed by atoms with Crippen molar-refractivity contribution in [3.8, 4) is 11.3 Å². The fraction of sp³-hybridized carbons (Fsp3) is 0.136. The lowest BCUT2D eigenvalue weighted by atomic mass is 10.1. The molecule has 0 unspecified atom stereocenters. The molecule has 0 radical (unpaired) electrons. The normalized spacial score (nSPS) is 11.7. The Kier molecular flexibility index (Phi) is 5.51. The monoisotopic (exact) mass is 454 g/mol. The highest BCUT2D eigenvalue weighted by Crippen LogP contribution is 2.26. The number of anilines is 1. The highest BCUT2D eigenvalue weighted by Gasteiger charge is 2.19. The fourth-order valence-corrected chi connectivity index (χ4v) is 4.29. The van der Waals surface area contributed by atoms with Crippen LogP contribution in [0.2, 0.25) is 5.02 Å². The predicted molar refractivity (Wildman–Crippen MR) is 121 cm³/mol. The Hall–Kier alpha value is -3.23. The van der Waals surface area contributed by atoms with Gasteiger partial charge in [0.25, 0.3) is 5.91 Å². The number of H-pyrrole nitrogens is 1. The number of aromatic amines is 1. The van der Waals surface area contributed by atoms with Gasteiger partial charge in [-0.25, -0.2) is 18.4 Å². The molecule has 0 atom stereocenters. The smallest absolute Gasteiger partial charge is 0.255 e. The summed E-state index contributed by atoms with van der Waals surface area (Å²) in [4.78, 5) is 24.8. The minimum Gasteiger partial charge on any atom is -0.343 e. The first-order chi connectivity index (χ1) is 14.8. The minimum absolute atomic E-state index is 0.261. The van der Waals surface area contributed by atoms with Gasteiger partial charge in [0, 0.05) is 22.3 Å². The second kappa shape index (κ2) is 8.13. The van der Waals surface area contributed by atoms with Crippen LogP contribution in [0.3, 0.4) is 0 Å². The number of hydrogen-bond donors (Lipinski definition) is 2. The van der Waals surface area contributed by atoms with E-state index >= 15 is 0 Å². The maximum absolute atomic E-state index is 12.6. The Morgan fingerprint density at radius 2 is 1.87 bits per heavy atom. The van der Waals surface area contributed by atoms with E-state index in [0.29, 0.717) is 38.7 Å². The summed E-state index contributed by atoms with van der Waals surface area (Å²) < 4.78 is 24.6. The maximum atomic E-state index is 12.6. The molecule has 0 aliphatic rings. The van der Waals surface area contributed by atoms with Crippen molar-refractivity contribution in [1.29, 1.82) is 0 Å². The zero-order chi connectivity index (χ0) is 22.2. The molecule has 4 aromatic rings. The lowest BCUT2D eigenvalue weighted by molar-refractivity contribution is 0.102. The van der Waals surface area contributed by atoms with Gasteiger partial charge in [0.05, 0.1) is 27.7 Å². The molecule has 2 N–H and O–H groups in total. The molecule has 0 saturated carbocycles. The standard InChI is InChI=1S/C22H19ClN4O3S/c1-13(2)31(29,30)17-8-6-14(7-9-17)18-11-24-21-20(26-18)19(12-25-21)27-22(28)15-4-3-5-16(23)10-15/h3-13H,1-2H3,(H,24,25)(H,27,28). The van der Waals surface area contributed by atoms with Gasteiger partial charge >= 0.3 is 0 Å². The molecule has 0 aliphatic heterocycles. The SMILES string of the molecule is CC(C)S(=O)(=O)c1ccc(-c2cnc3[nH]cc(NC(=O)c4cccc(Cl)c4)c3n2)cc1. The van der Waals surface area contributed by atoms with Crippen molar-refractivity contribution in [3.63, 3.8) is 0 Å². The molecule has 9 heteroatoms. The lowest BCUT2D eigenvalue weighted by Gasteiger charge is -2.08. The maximum Gasteiger partial charge on any atom is 0.255 e. The number of rotatable bonds is 5. The molecule has 7 nitrogen and oxygen atoms in total. The molecule has 2 heterocycles. The summed E-state index contributed by atoms with van der Waals surface area (Å²) in [5.74, 6) is -0.321. The number of nitrogens with zero attached hydrogens (tertiary/aromatic N) is 2. The molecule has 1 amide bonds. The molecule has 0 aliphatic carbocycles. The number of aromatic nitrogens is 3. The van der Waals surface area contributed by atoms with E-state index in [2.05, 4.69) is 20.3 Å². The highest BCUT2D eigenvalue weighted by molar-refractivity contribution is 7.92. The average molecular weight is 455 g/mol. The number of sulfone groups is 1. The van der Waals surface area contributed by atoms with Crippen LogP contribution >= 0.6 is 11.6 Å². The summed E-state index contributed by atoms with van der Waals surface area (Å²) in [6.07, 6.45) is 3.21. The van der Waals surface area contributed by atoms with Crippen LogP contribution in [-0.4, -0.2) is 34.5 Å².